The van der Waals surface area contributed by atoms with Crippen molar-refractivity contribution in [3.63, 3.8) is 0 Å². The Morgan fingerprint density at radius 3 is 2.14 bits per heavy atom. The lowest BCUT2D eigenvalue weighted by atomic mass is 10.1. The van der Waals surface area contributed by atoms with E-state index >= 15 is 0 Å². The Balaban J connectivity index is 1.69. The van der Waals surface area contributed by atoms with Crippen LogP contribution in [-0.4, -0.2) is 20.9 Å². The van der Waals surface area contributed by atoms with E-state index < -0.39 is 5.91 Å². The van der Waals surface area contributed by atoms with E-state index in [-0.39, 0.29) is 24.4 Å². The minimum atomic E-state index is -0.399. The molecule has 3 aromatic rings. The van der Waals surface area contributed by atoms with Gasteiger partial charge in [0.15, 0.2) is 0 Å². The van der Waals surface area contributed by atoms with Gasteiger partial charge in [-0.2, -0.15) is 0 Å². The number of carbonyl (C=O) groups excluding carboxylic acids is 2. The van der Waals surface area contributed by atoms with E-state index in [1.165, 1.54) is 0 Å². The van der Waals surface area contributed by atoms with Crippen LogP contribution in [0.15, 0.2) is 53.3 Å². The van der Waals surface area contributed by atoms with E-state index in [9.17, 15) is 14.4 Å². The molecule has 7 nitrogen and oxygen atoms in total. The molecule has 146 valence electrons. The van der Waals surface area contributed by atoms with E-state index in [0.717, 1.165) is 23.0 Å². The highest BCUT2D eigenvalue weighted by Gasteiger charge is 2.13. The van der Waals surface area contributed by atoms with E-state index in [1.807, 2.05) is 31.2 Å². The van der Waals surface area contributed by atoms with Gasteiger partial charge in [0.25, 0.3) is 0 Å². The quantitative estimate of drug-likeness (QED) is 0.627. The van der Waals surface area contributed by atoms with E-state index in [2.05, 4.69) is 5.32 Å². The molecule has 1 aromatic heterocycles. The third kappa shape index (κ3) is 4.31. The molecule has 0 radical (unpaired) electrons. The molecule has 0 saturated carbocycles. The van der Waals surface area contributed by atoms with Gasteiger partial charge in [-0.1, -0.05) is 31.2 Å². The van der Waals surface area contributed by atoms with Crippen LogP contribution in [0.4, 0.5) is 5.69 Å². The molecule has 2 amide bonds. The van der Waals surface area contributed by atoms with Crippen molar-refractivity contribution in [2.45, 2.75) is 39.3 Å². The number of imidazole rings is 1. The second-order valence-corrected chi connectivity index (χ2v) is 6.71. The number of primary amides is 1. The van der Waals surface area contributed by atoms with Gasteiger partial charge < -0.3 is 11.1 Å². The van der Waals surface area contributed by atoms with E-state index in [1.54, 1.807) is 33.4 Å². The molecular formula is C21H24N4O3. The fraction of sp³-hybridized carbons (Fsp3) is 0.286. The molecule has 0 unspecified atom stereocenters. The third-order valence-corrected chi connectivity index (χ3v) is 4.55. The van der Waals surface area contributed by atoms with Crippen molar-refractivity contribution < 1.29 is 9.59 Å². The largest absolute Gasteiger partial charge is 0.369 e. The molecule has 0 bridgehead atoms. The summed E-state index contributed by atoms with van der Waals surface area (Å²) in [5, 5.41) is 2.81. The predicted molar refractivity (Wildman–Crippen MR) is 109 cm³/mol. The first-order chi connectivity index (χ1) is 13.5. The van der Waals surface area contributed by atoms with Gasteiger partial charge in [0.05, 0.1) is 17.5 Å². The van der Waals surface area contributed by atoms with Crippen LogP contribution in [0, 0.1) is 0 Å². The number of fused-ring (bicyclic) bond motifs is 1. The molecule has 0 atom stereocenters. The Morgan fingerprint density at radius 1 is 0.964 bits per heavy atom. The van der Waals surface area contributed by atoms with Gasteiger partial charge in [0.2, 0.25) is 11.8 Å². The first-order valence-electron chi connectivity index (χ1n) is 9.34. The number of nitrogens with zero attached hydrogens (tertiary/aromatic N) is 2. The number of carbonyl (C=O) groups is 2. The topological polar surface area (TPSA) is 99.1 Å². The number of amides is 2. The number of nitrogens with one attached hydrogen (secondary N) is 1. The molecule has 3 N–H and O–H groups in total. The number of para-hydroxylation sites is 2. The highest BCUT2D eigenvalue weighted by molar-refractivity contribution is 5.90. The smallest absolute Gasteiger partial charge is 0.329 e. The number of aromatic nitrogens is 2. The number of hydrogen-bond donors (Lipinski definition) is 2. The monoisotopic (exact) mass is 380 g/mol. The van der Waals surface area contributed by atoms with Crippen LogP contribution in [0.2, 0.25) is 0 Å². The fourth-order valence-electron chi connectivity index (χ4n) is 3.27. The van der Waals surface area contributed by atoms with Gasteiger partial charge in [0, 0.05) is 25.2 Å². The van der Waals surface area contributed by atoms with Crippen LogP contribution in [0.1, 0.15) is 25.3 Å². The summed E-state index contributed by atoms with van der Waals surface area (Å²) in [6.45, 7) is 2.98. The molecule has 0 aliphatic rings. The summed E-state index contributed by atoms with van der Waals surface area (Å²) in [6.07, 6.45) is 1.21. The van der Waals surface area contributed by atoms with Gasteiger partial charge in [-0.15, -0.1) is 0 Å². The van der Waals surface area contributed by atoms with Gasteiger partial charge >= 0.3 is 5.69 Å². The first kappa shape index (κ1) is 19.4. The van der Waals surface area contributed by atoms with Crippen LogP contribution < -0.4 is 16.7 Å². The lowest BCUT2D eigenvalue weighted by Gasteiger charge is -2.07. The molecule has 0 aliphatic heterocycles. The van der Waals surface area contributed by atoms with Crippen molar-refractivity contribution in [3.05, 3.63) is 64.6 Å². The summed E-state index contributed by atoms with van der Waals surface area (Å²) >= 11 is 0. The van der Waals surface area contributed by atoms with Crippen molar-refractivity contribution in [2.75, 3.05) is 5.32 Å². The summed E-state index contributed by atoms with van der Waals surface area (Å²) < 4.78 is 3.41. The average molecular weight is 380 g/mol. The molecular weight excluding hydrogens is 356 g/mol. The number of anilines is 1. The zero-order valence-corrected chi connectivity index (χ0v) is 15.9. The Bertz CT molecular complexity index is 1050. The summed E-state index contributed by atoms with van der Waals surface area (Å²) in [5.41, 5.74) is 8.24. The van der Waals surface area contributed by atoms with Crippen LogP contribution in [0.25, 0.3) is 11.0 Å². The third-order valence-electron chi connectivity index (χ3n) is 4.55. The van der Waals surface area contributed by atoms with Crippen LogP contribution >= 0.6 is 0 Å². The highest BCUT2D eigenvalue weighted by Crippen LogP contribution is 2.14. The number of aryl methyl sites for hydroxylation is 2. The van der Waals surface area contributed by atoms with Crippen molar-refractivity contribution in [2.24, 2.45) is 5.73 Å². The Hall–Kier alpha value is -3.35. The number of nitrogens with two attached hydrogens (primary N) is 1. The molecule has 3 rings (SSSR count). The van der Waals surface area contributed by atoms with Gasteiger partial charge in [0.1, 0.15) is 0 Å². The maximum absolute atomic E-state index is 12.7. The first-order valence-corrected chi connectivity index (χ1v) is 9.34. The summed E-state index contributed by atoms with van der Waals surface area (Å²) in [6, 6.07) is 14.6. The SMILES string of the molecule is CCCn1c(=O)n(CCC(=O)Nc2ccc(CC(N)=O)cc2)c2ccccc21. The van der Waals surface area contributed by atoms with Gasteiger partial charge in [-0.25, -0.2) is 4.79 Å². The number of rotatable bonds is 8. The molecule has 0 spiro atoms. The van der Waals surface area contributed by atoms with Gasteiger partial charge in [-0.3, -0.25) is 18.7 Å². The van der Waals surface area contributed by atoms with Crippen LogP contribution in [0.5, 0.6) is 0 Å². The predicted octanol–water partition coefficient (Wildman–Crippen LogP) is 2.27. The van der Waals surface area contributed by atoms with Gasteiger partial charge in [-0.05, 0) is 36.2 Å². The zero-order chi connectivity index (χ0) is 20.1. The maximum atomic E-state index is 12.7. The molecule has 2 aromatic carbocycles. The second kappa shape index (κ2) is 8.56. The molecule has 0 aliphatic carbocycles. The molecule has 0 saturated heterocycles. The van der Waals surface area contributed by atoms with Crippen molar-refractivity contribution >= 4 is 28.5 Å². The molecule has 0 fully saturated rings. The lowest BCUT2D eigenvalue weighted by molar-refractivity contribution is -0.117. The normalized spacial score (nSPS) is 10.9. The molecule has 1 heterocycles. The van der Waals surface area contributed by atoms with E-state index in [0.29, 0.717) is 18.8 Å². The minimum absolute atomic E-state index is 0.0911. The summed E-state index contributed by atoms with van der Waals surface area (Å²) in [5.74, 6) is -0.577. The summed E-state index contributed by atoms with van der Waals surface area (Å²) in [4.78, 5) is 36.0. The Kier molecular flexibility index (Phi) is 5.93. The standard InChI is InChI=1S/C21H24N4O3/c1-2-12-24-17-5-3-4-6-18(17)25(21(24)28)13-11-20(27)23-16-9-7-15(8-10-16)14-19(22)26/h3-10H,2,11-14H2,1H3,(H2,22,26)(H,23,27). The Labute approximate surface area is 162 Å². The fourth-order valence-corrected chi connectivity index (χ4v) is 3.27. The van der Waals surface area contributed by atoms with Crippen LogP contribution in [-0.2, 0) is 29.1 Å². The zero-order valence-electron chi connectivity index (χ0n) is 15.9. The van der Waals surface area contributed by atoms with Crippen molar-refractivity contribution in [3.8, 4) is 0 Å². The number of benzene rings is 2. The second-order valence-electron chi connectivity index (χ2n) is 6.71. The van der Waals surface area contributed by atoms with E-state index in [4.69, 9.17) is 5.73 Å². The summed E-state index contributed by atoms with van der Waals surface area (Å²) in [7, 11) is 0. The van der Waals surface area contributed by atoms with Crippen molar-refractivity contribution in [1.82, 2.24) is 9.13 Å². The average Bonchev–Trinajstić information content (AvgIpc) is 2.93. The molecule has 28 heavy (non-hydrogen) atoms. The van der Waals surface area contributed by atoms with Crippen molar-refractivity contribution in [1.29, 1.82) is 0 Å². The molecule has 7 heteroatoms. The maximum Gasteiger partial charge on any atom is 0.329 e. The highest BCUT2D eigenvalue weighted by atomic mass is 16.2. The van der Waals surface area contributed by atoms with Crippen LogP contribution in [0.3, 0.4) is 0 Å². The lowest BCUT2D eigenvalue weighted by Crippen LogP contribution is -2.26. The Morgan fingerprint density at radius 2 is 1.57 bits per heavy atom. The number of hydrogen-bond acceptors (Lipinski definition) is 3. The minimum Gasteiger partial charge on any atom is -0.369 e.